The zero-order chi connectivity index (χ0) is 17.2. The average Bonchev–Trinajstić information content (AvgIpc) is 2.42. The predicted molar refractivity (Wildman–Crippen MR) is 81.6 cm³/mol. The first-order valence-corrected chi connectivity index (χ1v) is 7.52. The number of hydrogen-bond acceptors (Lipinski definition) is 4. The van der Waals surface area contributed by atoms with Crippen LogP contribution in [0.5, 0.6) is 0 Å². The van der Waals surface area contributed by atoms with Crippen molar-refractivity contribution in [3.05, 3.63) is 0 Å². The minimum absolute atomic E-state index is 0.316. The number of primary amides is 2. The van der Waals surface area contributed by atoms with Crippen molar-refractivity contribution in [2.45, 2.75) is 52.0 Å². The molecule has 22 heavy (non-hydrogen) atoms. The first-order valence-electron chi connectivity index (χ1n) is 7.52. The molecule has 1 fully saturated rings. The van der Waals surface area contributed by atoms with Crippen molar-refractivity contribution < 1.29 is 19.2 Å². The third-order valence-electron chi connectivity index (χ3n) is 3.59. The van der Waals surface area contributed by atoms with E-state index in [0.717, 1.165) is 6.42 Å². The molecule has 1 atom stereocenters. The summed E-state index contributed by atoms with van der Waals surface area (Å²) in [5.41, 5.74) is 8.99. The Balaban J connectivity index is 0.00000211. The molecule has 0 aromatic carbocycles. The van der Waals surface area contributed by atoms with Crippen molar-refractivity contribution in [1.82, 2.24) is 10.6 Å². The number of urea groups is 1. The summed E-state index contributed by atoms with van der Waals surface area (Å²) >= 11 is 0. The fourth-order valence-electron chi connectivity index (χ4n) is 2.13. The van der Waals surface area contributed by atoms with Gasteiger partial charge >= 0.3 is 6.03 Å². The Bertz CT molecular complexity index is 408. The number of nitrogens with one attached hydrogen (secondary N) is 2. The maximum absolute atomic E-state index is 12.0. The quantitative estimate of drug-likeness (QED) is 0.279. The van der Waals surface area contributed by atoms with Crippen LogP contribution in [0.25, 0.3) is 0 Å². The van der Waals surface area contributed by atoms with Gasteiger partial charge in [-0.15, -0.1) is 0 Å². The number of hydrogen-bond donors (Lipinski definition) is 4. The Morgan fingerprint density at radius 2 is 1.82 bits per heavy atom. The summed E-state index contributed by atoms with van der Waals surface area (Å²) in [4.78, 5) is 44.8. The zero-order valence-corrected chi connectivity index (χ0v) is 13.2. The summed E-state index contributed by atoms with van der Waals surface area (Å²) in [7, 11) is 0. The summed E-state index contributed by atoms with van der Waals surface area (Å²) in [6, 6.07) is -1.34. The smallest absolute Gasteiger partial charge is 0.312 e. The molecule has 0 aliphatic heterocycles. The van der Waals surface area contributed by atoms with Gasteiger partial charge in [0.25, 0.3) is 0 Å². The number of rotatable bonds is 8. The molecule has 1 aliphatic rings. The highest BCUT2D eigenvalue weighted by molar-refractivity contribution is 6.05. The van der Waals surface area contributed by atoms with E-state index >= 15 is 0 Å². The summed E-state index contributed by atoms with van der Waals surface area (Å²) in [6.07, 6.45) is 3.05. The van der Waals surface area contributed by atoms with Gasteiger partial charge in [0.05, 0.1) is 6.04 Å². The molecule has 0 aromatic heterocycles. The second-order valence-corrected chi connectivity index (χ2v) is 4.95. The molecule has 1 aliphatic carbocycles. The normalized spacial score (nSPS) is 16.1. The minimum atomic E-state index is -1.16. The van der Waals surface area contributed by atoms with Gasteiger partial charge < -0.3 is 26.9 Å². The molecule has 0 spiro atoms. The van der Waals surface area contributed by atoms with Crippen molar-refractivity contribution in [2.24, 2.45) is 16.9 Å². The van der Waals surface area contributed by atoms with E-state index in [1.807, 2.05) is 13.8 Å². The molecule has 8 heteroatoms. The number of amides is 4. The second kappa shape index (κ2) is 9.75. The monoisotopic (exact) mass is 314 g/mol. The van der Waals surface area contributed by atoms with Crippen LogP contribution in [-0.2, 0) is 14.4 Å². The lowest BCUT2D eigenvalue weighted by molar-refractivity contribution is -0.148. The van der Waals surface area contributed by atoms with Crippen molar-refractivity contribution >= 4 is 24.1 Å². The molecule has 0 bridgehead atoms. The highest BCUT2D eigenvalue weighted by atomic mass is 16.2. The third kappa shape index (κ3) is 5.34. The van der Waals surface area contributed by atoms with Gasteiger partial charge in [0, 0.05) is 6.54 Å². The standard InChI is InChI=1S/C12H20N4O4.C2H6/c13-9(18)12(4-2-5-12)10(19)16-8(7-17)3-1-6-15-11(14)20;1-2/h7-8H,1-6H2,(H2,13,18)(H,16,19)(H3,14,15,20);1-2H3. The molecule has 0 heterocycles. The Labute approximate surface area is 130 Å². The number of carbonyl (C=O) groups excluding carboxylic acids is 4. The van der Waals surface area contributed by atoms with E-state index in [1.165, 1.54) is 0 Å². The third-order valence-corrected chi connectivity index (χ3v) is 3.59. The number of aldehydes is 1. The molecular weight excluding hydrogens is 288 g/mol. The summed E-state index contributed by atoms with van der Waals surface area (Å²) in [5.74, 6) is -1.14. The molecule has 8 nitrogen and oxygen atoms in total. The van der Waals surface area contributed by atoms with Gasteiger partial charge in [-0.05, 0) is 25.7 Å². The fraction of sp³-hybridized carbons (Fsp3) is 0.714. The largest absolute Gasteiger partial charge is 0.369 e. The first-order chi connectivity index (χ1) is 10.4. The van der Waals surface area contributed by atoms with Crippen LogP contribution in [0.2, 0.25) is 0 Å². The summed E-state index contributed by atoms with van der Waals surface area (Å²) < 4.78 is 0. The predicted octanol–water partition coefficient (Wildman–Crippen LogP) is -0.200. The maximum Gasteiger partial charge on any atom is 0.312 e. The van der Waals surface area contributed by atoms with Gasteiger partial charge in [0.2, 0.25) is 11.8 Å². The molecule has 1 saturated carbocycles. The van der Waals surface area contributed by atoms with Crippen LogP contribution in [-0.4, -0.2) is 36.7 Å². The van der Waals surface area contributed by atoms with Gasteiger partial charge in [-0.1, -0.05) is 20.3 Å². The Morgan fingerprint density at radius 1 is 1.23 bits per heavy atom. The average molecular weight is 314 g/mol. The molecule has 0 radical (unpaired) electrons. The topological polar surface area (TPSA) is 144 Å². The van der Waals surface area contributed by atoms with E-state index < -0.39 is 29.3 Å². The fourth-order valence-corrected chi connectivity index (χ4v) is 2.13. The molecule has 126 valence electrons. The molecule has 0 saturated heterocycles. The summed E-state index contributed by atoms with van der Waals surface area (Å²) in [6.45, 7) is 4.32. The van der Waals surface area contributed by atoms with Crippen molar-refractivity contribution in [3.8, 4) is 0 Å². The minimum Gasteiger partial charge on any atom is -0.369 e. The van der Waals surface area contributed by atoms with Crippen molar-refractivity contribution in [2.75, 3.05) is 6.54 Å². The van der Waals surface area contributed by atoms with E-state index in [-0.39, 0.29) is 0 Å². The zero-order valence-electron chi connectivity index (χ0n) is 13.2. The maximum atomic E-state index is 12.0. The van der Waals surface area contributed by atoms with E-state index in [9.17, 15) is 19.2 Å². The van der Waals surface area contributed by atoms with Gasteiger partial charge in [0.15, 0.2) is 0 Å². The van der Waals surface area contributed by atoms with Crippen LogP contribution in [0.3, 0.4) is 0 Å². The van der Waals surface area contributed by atoms with E-state index in [4.69, 9.17) is 11.5 Å². The molecule has 6 N–H and O–H groups in total. The first kappa shape index (κ1) is 19.9. The van der Waals surface area contributed by atoms with Crippen LogP contribution in [0.15, 0.2) is 0 Å². The molecule has 4 amide bonds. The van der Waals surface area contributed by atoms with E-state index in [0.29, 0.717) is 38.5 Å². The van der Waals surface area contributed by atoms with Crippen molar-refractivity contribution in [3.63, 3.8) is 0 Å². The summed E-state index contributed by atoms with van der Waals surface area (Å²) in [5, 5.41) is 4.91. The van der Waals surface area contributed by atoms with Crippen LogP contribution in [0.4, 0.5) is 4.79 Å². The van der Waals surface area contributed by atoms with E-state index in [1.54, 1.807) is 0 Å². The Kier molecular flexibility index (Phi) is 8.81. The van der Waals surface area contributed by atoms with Gasteiger partial charge in [0.1, 0.15) is 11.7 Å². The lowest BCUT2D eigenvalue weighted by Crippen LogP contribution is -2.56. The van der Waals surface area contributed by atoms with Crippen LogP contribution < -0.4 is 22.1 Å². The second-order valence-electron chi connectivity index (χ2n) is 4.95. The number of carbonyl (C=O) groups is 4. The van der Waals surface area contributed by atoms with E-state index in [2.05, 4.69) is 10.6 Å². The van der Waals surface area contributed by atoms with Gasteiger partial charge in [-0.2, -0.15) is 0 Å². The number of nitrogens with two attached hydrogens (primary N) is 2. The Morgan fingerprint density at radius 3 is 2.18 bits per heavy atom. The lowest BCUT2D eigenvalue weighted by atomic mass is 9.67. The Hall–Kier alpha value is -2.12. The van der Waals surface area contributed by atoms with Crippen LogP contribution >= 0.6 is 0 Å². The highest BCUT2D eigenvalue weighted by Crippen LogP contribution is 2.40. The van der Waals surface area contributed by atoms with Gasteiger partial charge in [-0.25, -0.2) is 4.79 Å². The SMILES string of the molecule is CC.NC(=O)NCCCC(C=O)NC(=O)C1(C(N)=O)CCC1. The van der Waals surface area contributed by atoms with Gasteiger partial charge in [-0.3, -0.25) is 9.59 Å². The molecule has 0 aromatic rings. The van der Waals surface area contributed by atoms with Crippen molar-refractivity contribution in [1.29, 1.82) is 0 Å². The molecule has 1 unspecified atom stereocenters. The van der Waals surface area contributed by atoms with Crippen LogP contribution in [0, 0.1) is 5.41 Å². The molecule has 1 rings (SSSR count). The lowest BCUT2D eigenvalue weighted by Gasteiger charge is -2.37. The molecular formula is C14H26N4O4. The van der Waals surface area contributed by atoms with Crippen LogP contribution in [0.1, 0.15) is 46.0 Å². The highest BCUT2D eigenvalue weighted by Gasteiger charge is 2.49.